The highest BCUT2D eigenvalue weighted by atomic mass is 32.1. The number of benzene rings is 1. The second kappa shape index (κ2) is 9.92. The van der Waals surface area contributed by atoms with E-state index in [1.54, 1.807) is 0 Å². The van der Waals surface area contributed by atoms with E-state index in [9.17, 15) is 8.78 Å². The molecule has 2 aliphatic heterocycles. The third-order valence-corrected chi connectivity index (χ3v) is 7.44. The van der Waals surface area contributed by atoms with Gasteiger partial charge in [-0.2, -0.15) is 5.10 Å². The van der Waals surface area contributed by atoms with E-state index < -0.39 is 11.6 Å². The topological polar surface area (TPSA) is 77.3 Å². The minimum absolute atomic E-state index is 0.140. The average molecular weight is 511 g/mol. The molecule has 0 aliphatic carbocycles. The Morgan fingerprint density at radius 1 is 1.06 bits per heavy atom. The van der Waals surface area contributed by atoms with Gasteiger partial charge in [0.25, 0.3) is 0 Å². The van der Waals surface area contributed by atoms with E-state index in [1.165, 1.54) is 34.5 Å². The van der Waals surface area contributed by atoms with Gasteiger partial charge in [-0.25, -0.2) is 23.4 Å². The minimum Gasteiger partial charge on any atom is -0.491 e. The van der Waals surface area contributed by atoms with Gasteiger partial charge in [0, 0.05) is 38.7 Å². The molecule has 3 aromatic heterocycles. The van der Waals surface area contributed by atoms with E-state index in [-0.39, 0.29) is 5.69 Å². The second-order valence-electron chi connectivity index (χ2n) is 8.58. The Hall–Kier alpha value is -3.41. The average Bonchev–Trinajstić information content (AvgIpc) is 3.49. The molecule has 0 bridgehead atoms. The van der Waals surface area contributed by atoms with Gasteiger partial charge in [0.15, 0.2) is 11.6 Å². The lowest BCUT2D eigenvalue weighted by Gasteiger charge is -2.26. The number of fused-ring (bicyclic) bond motifs is 3. The number of hydrogen-bond donors (Lipinski definition) is 1. The molecule has 0 atom stereocenters. The molecule has 36 heavy (non-hydrogen) atoms. The van der Waals surface area contributed by atoms with Crippen molar-refractivity contribution in [1.82, 2.24) is 24.6 Å². The first-order valence-electron chi connectivity index (χ1n) is 11.8. The lowest BCUT2D eigenvalue weighted by molar-refractivity contribution is 0.0398. The van der Waals surface area contributed by atoms with E-state index in [4.69, 9.17) is 14.5 Å². The normalized spacial score (nSPS) is 15.6. The summed E-state index contributed by atoms with van der Waals surface area (Å²) in [6.07, 6.45) is 2.08. The van der Waals surface area contributed by atoms with Crippen LogP contribution in [0, 0.1) is 11.6 Å². The summed E-state index contributed by atoms with van der Waals surface area (Å²) in [7, 11) is 0. The van der Waals surface area contributed by atoms with Crippen LogP contribution in [-0.2, 0) is 11.2 Å². The van der Waals surface area contributed by atoms with Crippen LogP contribution < -0.4 is 10.1 Å². The summed E-state index contributed by atoms with van der Waals surface area (Å²) in [5.74, 6) is 0.656. The highest BCUT2D eigenvalue weighted by molar-refractivity contribution is 7.19. The summed E-state index contributed by atoms with van der Waals surface area (Å²) in [5, 5.41) is 7.62. The molecule has 0 unspecified atom stereocenters. The first-order valence-corrected chi connectivity index (χ1v) is 12.6. The molecule has 11 heteroatoms. The van der Waals surface area contributed by atoms with Crippen molar-refractivity contribution in [3.63, 3.8) is 0 Å². The summed E-state index contributed by atoms with van der Waals surface area (Å²) in [6.45, 7) is 5.67. The smallest absolute Gasteiger partial charge is 0.173 e. The highest BCUT2D eigenvalue weighted by Crippen LogP contribution is 2.43. The van der Waals surface area contributed by atoms with Crippen LogP contribution in [0.3, 0.4) is 0 Å². The predicted octanol–water partition coefficient (Wildman–Crippen LogP) is 4.02. The van der Waals surface area contributed by atoms with Crippen molar-refractivity contribution in [2.75, 3.05) is 51.3 Å². The molecule has 4 aromatic rings. The molecule has 1 saturated heterocycles. The van der Waals surface area contributed by atoms with Crippen LogP contribution in [0.15, 0.2) is 42.7 Å². The van der Waals surface area contributed by atoms with Crippen molar-refractivity contribution in [1.29, 1.82) is 0 Å². The lowest BCUT2D eigenvalue weighted by atomic mass is 10.1. The number of thiophene rings is 1. The number of morpholine rings is 1. The Labute approximate surface area is 210 Å². The maximum absolute atomic E-state index is 14.5. The van der Waals surface area contributed by atoms with Gasteiger partial charge in [-0.05, 0) is 35.9 Å². The quantitative estimate of drug-likeness (QED) is 0.420. The van der Waals surface area contributed by atoms with Crippen LogP contribution >= 0.6 is 11.3 Å². The SMILES string of the molecule is Fc1ccc(-n2ncnc2-c2cc3c(s2)-c2nc(NCCN4CCOCC4)ccc2OCC3)c(F)c1. The van der Waals surface area contributed by atoms with E-state index in [0.717, 1.165) is 78.0 Å². The third kappa shape index (κ3) is 4.57. The fourth-order valence-corrected chi connectivity index (χ4v) is 5.61. The van der Waals surface area contributed by atoms with E-state index >= 15 is 0 Å². The summed E-state index contributed by atoms with van der Waals surface area (Å²) >= 11 is 1.51. The number of rotatable bonds is 6. The van der Waals surface area contributed by atoms with Gasteiger partial charge in [-0.15, -0.1) is 11.3 Å². The lowest BCUT2D eigenvalue weighted by Crippen LogP contribution is -2.39. The second-order valence-corrected chi connectivity index (χ2v) is 9.63. The number of nitrogens with one attached hydrogen (secondary N) is 1. The first kappa shape index (κ1) is 23.0. The summed E-state index contributed by atoms with van der Waals surface area (Å²) in [6, 6.07) is 9.32. The number of anilines is 1. The zero-order chi connectivity index (χ0) is 24.5. The molecule has 0 spiro atoms. The van der Waals surface area contributed by atoms with Crippen molar-refractivity contribution >= 4 is 17.2 Å². The molecule has 6 rings (SSSR count). The number of pyridine rings is 1. The largest absolute Gasteiger partial charge is 0.491 e. The molecule has 186 valence electrons. The summed E-state index contributed by atoms with van der Waals surface area (Å²) < 4.78 is 40.7. The molecule has 0 radical (unpaired) electrons. The molecule has 8 nitrogen and oxygen atoms in total. The van der Waals surface area contributed by atoms with E-state index in [0.29, 0.717) is 18.9 Å². The van der Waals surface area contributed by atoms with Gasteiger partial charge in [-0.3, -0.25) is 4.90 Å². The number of nitrogens with zero attached hydrogens (tertiary/aromatic N) is 5. The molecule has 5 heterocycles. The number of hydrogen-bond acceptors (Lipinski definition) is 8. The Balaban J connectivity index is 1.29. The van der Waals surface area contributed by atoms with Crippen LogP contribution in [0.2, 0.25) is 0 Å². The fraction of sp³-hybridized carbons (Fsp3) is 0.320. The number of ether oxygens (including phenoxy) is 2. The first-order chi connectivity index (χ1) is 17.7. The Bertz CT molecular complexity index is 1380. The Kier molecular flexibility index (Phi) is 6.34. The molecular formula is C25H24F2N6O2S. The zero-order valence-corrected chi connectivity index (χ0v) is 20.2. The van der Waals surface area contributed by atoms with Crippen molar-refractivity contribution in [2.45, 2.75) is 6.42 Å². The monoisotopic (exact) mass is 510 g/mol. The summed E-state index contributed by atoms with van der Waals surface area (Å²) in [5.41, 5.74) is 2.00. The summed E-state index contributed by atoms with van der Waals surface area (Å²) in [4.78, 5) is 13.4. The molecule has 1 aromatic carbocycles. The van der Waals surface area contributed by atoms with E-state index in [2.05, 4.69) is 20.3 Å². The highest BCUT2D eigenvalue weighted by Gasteiger charge is 2.24. The molecule has 1 fully saturated rings. The standard InChI is InChI=1S/C25H24F2N6O2S/c26-17-1-2-19(18(27)14-17)33-25(29-15-30-33)21-13-16-5-10-35-20-3-4-22(31-23(20)24(16)36-21)28-6-7-32-8-11-34-12-9-32/h1-4,13-15H,5-12H2,(H,28,31). The van der Waals surface area contributed by atoms with Crippen LogP contribution in [0.25, 0.3) is 27.0 Å². The maximum Gasteiger partial charge on any atom is 0.173 e. The van der Waals surface area contributed by atoms with E-state index in [1.807, 2.05) is 18.2 Å². The van der Waals surface area contributed by atoms with Crippen LogP contribution in [0.4, 0.5) is 14.6 Å². The number of halogens is 2. The molecule has 2 aliphatic rings. The third-order valence-electron chi connectivity index (χ3n) is 6.26. The van der Waals surface area contributed by atoms with Crippen LogP contribution in [0.5, 0.6) is 5.75 Å². The van der Waals surface area contributed by atoms with Gasteiger partial charge in [0.2, 0.25) is 0 Å². The van der Waals surface area contributed by atoms with Crippen molar-refractivity contribution in [3.8, 4) is 32.7 Å². The van der Waals surface area contributed by atoms with Crippen molar-refractivity contribution in [3.05, 3.63) is 59.9 Å². The van der Waals surface area contributed by atoms with Crippen molar-refractivity contribution in [2.24, 2.45) is 0 Å². The van der Waals surface area contributed by atoms with Gasteiger partial charge in [0.1, 0.15) is 35.1 Å². The Morgan fingerprint density at radius 3 is 2.81 bits per heavy atom. The van der Waals surface area contributed by atoms with Crippen LogP contribution in [0.1, 0.15) is 5.56 Å². The Morgan fingerprint density at radius 2 is 1.94 bits per heavy atom. The van der Waals surface area contributed by atoms with Gasteiger partial charge in [0.05, 0.1) is 29.6 Å². The maximum atomic E-state index is 14.5. The molecular weight excluding hydrogens is 486 g/mol. The van der Waals surface area contributed by atoms with Crippen molar-refractivity contribution < 1.29 is 18.3 Å². The van der Waals surface area contributed by atoms with Gasteiger partial charge in [-0.1, -0.05) is 0 Å². The number of aromatic nitrogens is 4. The van der Waals surface area contributed by atoms with Crippen LogP contribution in [-0.4, -0.2) is 70.6 Å². The predicted molar refractivity (Wildman–Crippen MR) is 133 cm³/mol. The fourth-order valence-electron chi connectivity index (χ4n) is 4.43. The molecule has 1 N–H and O–H groups in total. The molecule has 0 saturated carbocycles. The molecule has 0 amide bonds. The minimum atomic E-state index is -0.701. The van der Waals surface area contributed by atoms with Gasteiger partial charge < -0.3 is 14.8 Å². The zero-order valence-electron chi connectivity index (χ0n) is 19.4. The van der Waals surface area contributed by atoms with Gasteiger partial charge >= 0.3 is 0 Å².